The van der Waals surface area contributed by atoms with Crippen LogP contribution in [0.5, 0.6) is 0 Å². The van der Waals surface area contributed by atoms with Gasteiger partial charge >= 0.3 is 5.97 Å². The van der Waals surface area contributed by atoms with Crippen LogP contribution < -0.4 is 10.6 Å². The number of ether oxygens (including phenoxy) is 1. The van der Waals surface area contributed by atoms with Gasteiger partial charge in [0.25, 0.3) is 11.6 Å². The Labute approximate surface area is 155 Å². The van der Waals surface area contributed by atoms with E-state index in [-0.39, 0.29) is 28.9 Å². The van der Waals surface area contributed by atoms with Gasteiger partial charge in [0.05, 0.1) is 10.5 Å². The van der Waals surface area contributed by atoms with Gasteiger partial charge in [-0.3, -0.25) is 14.9 Å². The summed E-state index contributed by atoms with van der Waals surface area (Å²) in [6.07, 6.45) is 1.71. The van der Waals surface area contributed by atoms with Crippen LogP contribution in [-0.2, 0) is 16.0 Å². The summed E-state index contributed by atoms with van der Waals surface area (Å²) < 4.78 is 5.09. The number of esters is 1. The lowest BCUT2D eigenvalue weighted by molar-refractivity contribution is -0.383. The van der Waals surface area contributed by atoms with Gasteiger partial charge in [0.15, 0.2) is 6.61 Å². The summed E-state index contributed by atoms with van der Waals surface area (Å²) in [6, 6.07) is 11.2. The van der Waals surface area contributed by atoms with Gasteiger partial charge in [0.1, 0.15) is 5.69 Å². The van der Waals surface area contributed by atoms with E-state index in [1.165, 1.54) is 12.1 Å². The molecule has 0 saturated heterocycles. The zero-order chi connectivity index (χ0) is 19.6. The fourth-order valence-electron chi connectivity index (χ4n) is 3.18. The Kier molecular flexibility index (Phi) is 5.07. The molecule has 0 aromatic heterocycles. The average molecular weight is 369 g/mol. The van der Waals surface area contributed by atoms with Gasteiger partial charge in [-0.15, -0.1) is 0 Å². The number of rotatable bonds is 4. The molecule has 0 radical (unpaired) electrons. The van der Waals surface area contributed by atoms with E-state index in [0.29, 0.717) is 0 Å². The summed E-state index contributed by atoms with van der Waals surface area (Å²) in [4.78, 5) is 36.7. The SMILES string of the molecule is CC1CCc2ccccc2N1C(=O)COC(=O)c1ccc(N)c([N+](=O)[O-])c1. The van der Waals surface area contributed by atoms with Gasteiger partial charge in [-0.25, -0.2) is 4.79 Å². The monoisotopic (exact) mass is 369 g/mol. The van der Waals surface area contributed by atoms with Crippen LogP contribution in [0.2, 0.25) is 0 Å². The lowest BCUT2D eigenvalue weighted by Gasteiger charge is -2.35. The minimum Gasteiger partial charge on any atom is -0.452 e. The summed E-state index contributed by atoms with van der Waals surface area (Å²) in [5, 5.41) is 10.9. The van der Waals surface area contributed by atoms with Crippen molar-refractivity contribution in [2.45, 2.75) is 25.8 Å². The van der Waals surface area contributed by atoms with Crippen molar-refractivity contribution in [2.24, 2.45) is 0 Å². The predicted octanol–water partition coefficient (Wildman–Crippen LogP) is 2.70. The molecule has 2 N–H and O–H groups in total. The Balaban J connectivity index is 1.72. The summed E-state index contributed by atoms with van der Waals surface area (Å²) in [7, 11) is 0. The predicted molar refractivity (Wildman–Crippen MR) is 99.5 cm³/mol. The fraction of sp³-hybridized carbons (Fsp3) is 0.263. The molecule has 1 heterocycles. The smallest absolute Gasteiger partial charge is 0.338 e. The second-order valence-corrected chi connectivity index (χ2v) is 6.39. The quantitative estimate of drug-likeness (QED) is 0.383. The first-order valence-electron chi connectivity index (χ1n) is 8.49. The maximum atomic E-state index is 12.7. The van der Waals surface area contributed by atoms with E-state index < -0.39 is 17.5 Å². The Morgan fingerprint density at radius 3 is 2.78 bits per heavy atom. The number of nitrogen functional groups attached to an aromatic ring is 1. The highest BCUT2D eigenvalue weighted by atomic mass is 16.6. The number of aryl methyl sites for hydroxylation is 1. The van der Waals surface area contributed by atoms with E-state index in [4.69, 9.17) is 10.5 Å². The van der Waals surface area contributed by atoms with E-state index in [9.17, 15) is 19.7 Å². The summed E-state index contributed by atoms with van der Waals surface area (Å²) >= 11 is 0. The number of nitro benzene ring substituents is 1. The minimum absolute atomic E-state index is 0.0105. The van der Waals surface area contributed by atoms with Gasteiger partial charge in [-0.2, -0.15) is 0 Å². The molecule has 27 heavy (non-hydrogen) atoms. The Morgan fingerprint density at radius 1 is 1.30 bits per heavy atom. The van der Waals surface area contributed by atoms with E-state index in [1.54, 1.807) is 4.90 Å². The van der Waals surface area contributed by atoms with Crippen molar-refractivity contribution in [3.8, 4) is 0 Å². The Bertz CT molecular complexity index is 912. The number of carbonyl (C=O) groups is 2. The van der Waals surface area contributed by atoms with Crippen LogP contribution in [0.25, 0.3) is 0 Å². The maximum Gasteiger partial charge on any atom is 0.338 e. The normalized spacial score (nSPS) is 15.7. The molecule has 8 nitrogen and oxygen atoms in total. The number of hydrogen-bond acceptors (Lipinski definition) is 6. The number of amides is 1. The lowest BCUT2D eigenvalue weighted by atomic mass is 9.96. The largest absolute Gasteiger partial charge is 0.452 e. The third kappa shape index (κ3) is 3.74. The molecule has 8 heteroatoms. The number of nitrogens with zero attached hydrogens (tertiary/aromatic N) is 2. The molecule has 1 aliphatic rings. The number of carbonyl (C=O) groups excluding carboxylic acids is 2. The maximum absolute atomic E-state index is 12.7. The molecular weight excluding hydrogens is 350 g/mol. The van der Waals surface area contributed by atoms with Crippen molar-refractivity contribution in [2.75, 3.05) is 17.2 Å². The molecule has 2 aromatic rings. The fourth-order valence-corrected chi connectivity index (χ4v) is 3.18. The van der Waals surface area contributed by atoms with Crippen molar-refractivity contribution >= 4 is 28.9 Å². The van der Waals surface area contributed by atoms with Crippen LogP contribution in [0.3, 0.4) is 0 Å². The third-order valence-electron chi connectivity index (χ3n) is 4.58. The van der Waals surface area contributed by atoms with E-state index in [0.717, 1.165) is 30.2 Å². The zero-order valence-corrected chi connectivity index (χ0v) is 14.8. The molecule has 2 aromatic carbocycles. The van der Waals surface area contributed by atoms with Crippen molar-refractivity contribution in [1.29, 1.82) is 0 Å². The van der Waals surface area contributed by atoms with E-state index >= 15 is 0 Å². The molecular formula is C19H19N3O5. The number of para-hydroxylation sites is 1. The number of hydrogen-bond donors (Lipinski definition) is 1. The standard InChI is InChI=1S/C19H19N3O5/c1-12-6-7-13-4-2-3-5-16(13)21(12)18(23)11-27-19(24)14-8-9-15(20)17(10-14)22(25)26/h2-5,8-10,12H,6-7,11,20H2,1H3. The Hall–Kier alpha value is -3.42. The third-order valence-corrected chi connectivity index (χ3v) is 4.58. The van der Waals surface area contributed by atoms with Crippen LogP contribution >= 0.6 is 0 Å². The molecule has 1 unspecified atom stereocenters. The van der Waals surface area contributed by atoms with Gasteiger partial charge in [0, 0.05) is 17.8 Å². The number of benzene rings is 2. The number of nitro groups is 1. The minimum atomic E-state index is -0.815. The van der Waals surface area contributed by atoms with Crippen LogP contribution in [0.15, 0.2) is 42.5 Å². The van der Waals surface area contributed by atoms with Gasteiger partial charge < -0.3 is 15.4 Å². The van der Waals surface area contributed by atoms with Crippen LogP contribution in [0.4, 0.5) is 17.1 Å². The van der Waals surface area contributed by atoms with Crippen LogP contribution in [-0.4, -0.2) is 29.4 Å². The topological polar surface area (TPSA) is 116 Å². The van der Waals surface area contributed by atoms with Crippen molar-refractivity contribution in [3.05, 3.63) is 63.7 Å². The molecule has 0 fully saturated rings. The number of fused-ring (bicyclic) bond motifs is 1. The van der Waals surface area contributed by atoms with Crippen molar-refractivity contribution < 1.29 is 19.2 Å². The zero-order valence-electron chi connectivity index (χ0n) is 14.8. The van der Waals surface area contributed by atoms with Crippen molar-refractivity contribution in [1.82, 2.24) is 0 Å². The van der Waals surface area contributed by atoms with Gasteiger partial charge in [-0.05, 0) is 43.5 Å². The Morgan fingerprint density at radius 2 is 2.04 bits per heavy atom. The summed E-state index contributed by atoms with van der Waals surface area (Å²) in [5.41, 5.74) is 6.95. The summed E-state index contributed by atoms with van der Waals surface area (Å²) in [5.74, 6) is -1.16. The van der Waals surface area contributed by atoms with Crippen LogP contribution in [0, 0.1) is 10.1 Å². The second-order valence-electron chi connectivity index (χ2n) is 6.39. The highest BCUT2D eigenvalue weighted by molar-refractivity contribution is 5.98. The van der Waals surface area contributed by atoms with Gasteiger partial charge in [0.2, 0.25) is 0 Å². The molecule has 140 valence electrons. The molecule has 0 bridgehead atoms. The first-order valence-corrected chi connectivity index (χ1v) is 8.49. The highest BCUT2D eigenvalue weighted by Crippen LogP contribution is 2.30. The highest BCUT2D eigenvalue weighted by Gasteiger charge is 2.28. The lowest BCUT2D eigenvalue weighted by Crippen LogP contribution is -2.44. The summed E-state index contributed by atoms with van der Waals surface area (Å²) in [6.45, 7) is 1.49. The van der Waals surface area contributed by atoms with E-state index in [1.807, 2.05) is 31.2 Å². The van der Waals surface area contributed by atoms with Crippen LogP contribution in [0.1, 0.15) is 29.3 Å². The molecule has 1 aliphatic heterocycles. The molecule has 1 amide bonds. The first-order chi connectivity index (χ1) is 12.9. The second kappa shape index (κ2) is 7.45. The van der Waals surface area contributed by atoms with E-state index in [2.05, 4.69) is 0 Å². The number of nitrogens with two attached hydrogens (primary N) is 1. The van der Waals surface area contributed by atoms with Crippen molar-refractivity contribution in [3.63, 3.8) is 0 Å². The number of anilines is 2. The first kappa shape index (κ1) is 18.4. The molecule has 0 aliphatic carbocycles. The molecule has 0 saturated carbocycles. The molecule has 1 atom stereocenters. The molecule has 0 spiro atoms. The van der Waals surface area contributed by atoms with Gasteiger partial charge in [-0.1, -0.05) is 18.2 Å². The molecule has 3 rings (SSSR count). The average Bonchev–Trinajstić information content (AvgIpc) is 2.65.